The molecule has 0 amide bonds. The topological polar surface area (TPSA) is 36.4 Å². The lowest BCUT2D eigenvalue weighted by atomic mass is 9.85. The molecular weight excluding hydrogens is 260 g/mol. The van der Waals surface area contributed by atoms with Gasteiger partial charge < -0.3 is 10.0 Å². The second kappa shape index (κ2) is 5.30. The number of anilines is 1. The minimum atomic E-state index is 0.0554. The first-order chi connectivity index (χ1) is 10.4. The molecule has 1 aliphatic heterocycles. The van der Waals surface area contributed by atoms with Gasteiger partial charge in [-0.15, -0.1) is 0 Å². The first-order valence-corrected chi connectivity index (χ1v) is 8.12. The van der Waals surface area contributed by atoms with Crippen molar-refractivity contribution in [1.29, 1.82) is 0 Å². The molecule has 1 saturated carbocycles. The minimum absolute atomic E-state index is 0.0554. The largest absolute Gasteiger partial charge is 0.392 e. The first-order valence-electron chi connectivity index (χ1n) is 8.12. The third-order valence-corrected chi connectivity index (χ3v) is 5.31. The Kier molecular flexibility index (Phi) is 3.30. The summed E-state index contributed by atoms with van der Waals surface area (Å²) in [7, 11) is 0. The number of aromatic nitrogens is 1. The molecule has 3 nitrogen and oxygen atoms in total. The molecule has 1 aromatic heterocycles. The number of rotatable bonds is 2. The molecule has 0 bridgehead atoms. The highest BCUT2D eigenvalue weighted by molar-refractivity contribution is 5.94. The van der Waals surface area contributed by atoms with Gasteiger partial charge in [0.15, 0.2) is 0 Å². The number of nitrogens with zero attached hydrogens (tertiary/aromatic N) is 2. The van der Waals surface area contributed by atoms with Crippen molar-refractivity contribution in [1.82, 2.24) is 4.98 Å². The summed E-state index contributed by atoms with van der Waals surface area (Å²) in [5.74, 6) is 1.98. The van der Waals surface area contributed by atoms with Crippen LogP contribution in [0.1, 0.15) is 37.7 Å². The summed E-state index contributed by atoms with van der Waals surface area (Å²) >= 11 is 0. The Morgan fingerprint density at radius 1 is 1.10 bits per heavy atom. The highest BCUT2D eigenvalue weighted by Crippen LogP contribution is 2.40. The zero-order valence-electron chi connectivity index (χ0n) is 12.3. The lowest BCUT2D eigenvalue weighted by Crippen LogP contribution is -2.35. The van der Waals surface area contributed by atoms with E-state index in [-0.39, 0.29) is 6.61 Å². The van der Waals surface area contributed by atoms with Gasteiger partial charge in [0, 0.05) is 29.7 Å². The van der Waals surface area contributed by atoms with Gasteiger partial charge in [-0.2, -0.15) is 0 Å². The predicted molar refractivity (Wildman–Crippen MR) is 85.4 cm³/mol. The quantitative estimate of drug-likeness (QED) is 0.916. The lowest BCUT2D eigenvalue weighted by molar-refractivity contribution is 0.283. The first kappa shape index (κ1) is 13.1. The number of fused-ring (bicyclic) bond motifs is 2. The Labute approximate surface area is 125 Å². The summed E-state index contributed by atoms with van der Waals surface area (Å²) in [5.41, 5.74) is 0.925. The van der Waals surface area contributed by atoms with Crippen LogP contribution in [0.4, 0.5) is 5.82 Å². The summed E-state index contributed by atoms with van der Waals surface area (Å²) in [4.78, 5) is 7.25. The number of benzene rings is 1. The van der Waals surface area contributed by atoms with Crippen molar-refractivity contribution in [3.05, 3.63) is 36.0 Å². The molecule has 2 fully saturated rings. The number of pyridine rings is 1. The lowest BCUT2D eigenvalue weighted by Gasteiger charge is -2.33. The van der Waals surface area contributed by atoms with Crippen LogP contribution in [0.5, 0.6) is 0 Å². The molecule has 1 saturated heterocycles. The summed E-state index contributed by atoms with van der Waals surface area (Å²) in [6.07, 6.45) is 8.60. The summed E-state index contributed by atoms with van der Waals surface area (Å²) in [5, 5.41) is 11.9. The molecule has 4 rings (SSSR count). The Morgan fingerprint density at radius 3 is 2.76 bits per heavy atom. The summed E-state index contributed by atoms with van der Waals surface area (Å²) in [6.45, 7) is 1.19. The Balaban J connectivity index is 1.80. The third-order valence-electron chi connectivity index (χ3n) is 5.31. The zero-order valence-corrected chi connectivity index (χ0v) is 12.3. The van der Waals surface area contributed by atoms with E-state index in [4.69, 9.17) is 4.98 Å². The molecular formula is C18H22N2O. The molecule has 21 heavy (non-hydrogen) atoms. The Hall–Kier alpha value is -1.61. The molecule has 1 aliphatic carbocycles. The summed E-state index contributed by atoms with van der Waals surface area (Å²) < 4.78 is 0. The van der Waals surface area contributed by atoms with Gasteiger partial charge in [-0.3, -0.25) is 0 Å². The molecule has 1 aromatic carbocycles. The van der Waals surface area contributed by atoms with Gasteiger partial charge in [-0.25, -0.2) is 4.98 Å². The molecule has 3 heteroatoms. The smallest absolute Gasteiger partial charge is 0.136 e. The van der Waals surface area contributed by atoms with Crippen LogP contribution in [0.3, 0.4) is 0 Å². The molecule has 110 valence electrons. The predicted octanol–water partition coefficient (Wildman–Crippen LogP) is 3.50. The second-order valence-corrected chi connectivity index (χ2v) is 6.40. The van der Waals surface area contributed by atoms with E-state index < -0.39 is 0 Å². The van der Waals surface area contributed by atoms with Crippen molar-refractivity contribution in [2.45, 2.75) is 44.8 Å². The molecule has 1 N–H and O–H groups in total. The van der Waals surface area contributed by atoms with Crippen LogP contribution < -0.4 is 4.90 Å². The van der Waals surface area contributed by atoms with Gasteiger partial charge in [0.05, 0.1) is 6.61 Å². The average Bonchev–Trinajstić information content (AvgIpc) is 2.98. The molecule has 2 heterocycles. The van der Waals surface area contributed by atoms with Gasteiger partial charge in [0.1, 0.15) is 5.82 Å². The second-order valence-electron chi connectivity index (χ2n) is 6.40. The Bertz CT molecular complexity index is 655. The van der Waals surface area contributed by atoms with Gasteiger partial charge in [-0.05, 0) is 30.6 Å². The monoisotopic (exact) mass is 282 g/mol. The van der Waals surface area contributed by atoms with Crippen LogP contribution in [-0.4, -0.2) is 22.7 Å². The highest BCUT2D eigenvalue weighted by atomic mass is 16.3. The highest BCUT2D eigenvalue weighted by Gasteiger charge is 2.36. The number of aliphatic hydroxyl groups excluding tert-OH is 1. The molecule has 2 aromatic rings. The van der Waals surface area contributed by atoms with Crippen LogP contribution in [0, 0.1) is 5.92 Å². The van der Waals surface area contributed by atoms with Crippen LogP contribution >= 0.6 is 0 Å². The number of aliphatic hydroxyl groups is 1. The van der Waals surface area contributed by atoms with E-state index in [9.17, 15) is 5.11 Å². The molecule has 2 aliphatic rings. The van der Waals surface area contributed by atoms with Gasteiger partial charge in [0.2, 0.25) is 0 Å². The van der Waals surface area contributed by atoms with Crippen molar-refractivity contribution >= 4 is 16.6 Å². The zero-order chi connectivity index (χ0) is 14.2. The van der Waals surface area contributed by atoms with Gasteiger partial charge in [0.25, 0.3) is 0 Å². The molecule has 0 radical (unpaired) electrons. The van der Waals surface area contributed by atoms with Crippen molar-refractivity contribution in [3.63, 3.8) is 0 Å². The van der Waals surface area contributed by atoms with E-state index in [1.54, 1.807) is 0 Å². The normalized spacial score (nSPS) is 25.3. The van der Waals surface area contributed by atoms with Crippen molar-refractivity contribution in [3.8, 4) is 0 Å². The maximum absolute atomic E-state index is 9.53. The average molecular weight is 282 g/mol. The van der Waals surface area contributed by atoms with E-state index in [0.29, 0.717) is 6.04 Å². The van der Waals surface area contributed by atoms with E-state index in [1.807, 2.05) is 12.3 Å². The van der Waals surface area contributed by atoms with Crippen molar-refractivity contribution in [2.24, 2.45) is 5.92 Å². The van der Waals surface area contributed by atoms with Crippen LogP contribution in [-0.2, 0) is 6.61 Å². The minimum Gasteiger partial charge on any atom is -0.392 e. The van der Waals surface area contributed by atoms with E-state index in [1.165, 1.54) is 37.5 Å². The standard InChI is InChI=1S/C18H22N2O/c21-12-14-11-19-18(16-7-3-2-6-15(14)16)20-10-9-13-5-1-4-8-17(13)20/h2-3,6-7,11,13,17,21H,1,4-5,8-10,12H2. The third kappa shape index (κ3) is 2.11. The van der Waals surface area contributed by atoms with E-state index >= 15 is 0 Å². The maximum atomic E-state index is 9.53. The fourth-order valence-electron chi connectivity index (χ4n) is 4.26. The van der Waals surface area contributed by atoms with Crippen LogP contribution in [0.15, 0.2) is 30.5 Å². The van der Waals surface area contributed by atoms with Crippen LogP contribution in [0.2, 0.25) is 0 Å². The number of hydrogen-bond donors (Lipinski definition) is 1. The molecule has 2 atom stereocenters. The molecule has 2 unspecified atom stereocenters. The van der Waals surface area contributed by atoms with E-state index in [2.05, 4.69) is 23.1 Å². The maximum Gasteiger partial charge on any atom is 0.136 e. The van der Waals surface area contributed by atoms with Crippen molar-refractivity contribution < 1.29 is 5.11 Å². The van der Waals surface area contributed by atoms with Crippen molar-refractivity contribution in [2.75, 3.05) is 11.4 Å². The fourth-order valence-corrected chi connectivity index (χ4v) is 4.26. The Morgan fingerprint density at radius 2 is 1.90 bits per heavy atom. The SMILES string of the molecule is OCc1cnc(N2CCC3CCCCC32)c2ccccc12. The molecule has 0 spiro atoms. The van der Waals surface area contributed by atoms with Gasteiger partial charge in [-0.1, -0.05) is 37.1 Å². The van der Waals surface area contributed by atoms with Crippen LogP contribution in [0.25, 0.3) is 10.8 Å². The van der Waals surface area contributed by atoms with E-state index in [0.717, 1.165) is 29.2 Å². The van der Waals surface area contributed by atoms with Gasteiger partial charge >= 0.3 is 0 Å². The summed E-state index contributed by atoms with van der Waals surface area (Å²) in [6, 6.07) is 9.03. The fraction of sp³-hybridized carbons (Fsp3) is 0.500. The number of hydrogen-bond acceptors (Lipinski definition) is 3.